The van der Waals surface area contributed by atoms with Crippen molar-refractivity contribution in [3.8, 4) is 5.69 Å². The van der Waals surface area contributed by atoms with E-state index in [0.717, 1.165) is 0 Å². The van der Waals surface area contributed by atoms with Gasteiger partial charge in [-0.1, -0.05) is 23.4 Å². The van der Waals surface area contributed by atoms with E-state index in [0.29, 0.717) is 5.69 Å². The lowest BCUT2D eigenvalue weighted by molar-refractivity contribution is 0.0673. The first-order chi connectivity index (χ1) is 7.68. The standard InChI is InChI=1S/C10H7F2N3O/c11-10(12)9(16)8-6-15(14-13-8)7-4-2-1-3-5-7/h1-6,10H. The smallest absolute Gasteiger partial charge is 0.286 e. The van der Waals surface area contributed by atoms with E-state index in [1.54, 1.807) is 24.3 Å². The van der Waals surface area contributed by atoms with Crippen LogP contribution in [0.25, 0.3) is 5.69 Å². The number of hydrogen-bond acceptors (Lipinski definition) is 3. The van der Waals surface area contributed by atoms with Gasteiger partial charge in [0.05, 0.1) is 11.9 Å². The summed E-state index contributed by atoms with van der Waals surface area (Å²) in [4.78, 5) is 10.9. The molecule has 0 spiro atoms. The van der Waals surface area contributed by atoms with Crippen LogP contribution < -0.4 is 0 Å². The Labute approximate surface area is 89.5 Å². The summed E-state index contributed by atoms with van der Waals surface area (Å²) in [5.41, 5.74) is 0.321. The molecule has 1 aromatic heterocycles. The predicted molar refractivity (Wildman–Crippen MR) is 51.7 cm³/mol. The molecule has 0 bridgehead atoms. The fraction of sp³-hybridized carbons (Fsp3) is 0.100. The van der Waals surface area contributed by atoms with E-state index in [4.69, 9.17) is 0 Å². The van der Waals surface area contributed by atoms with Crippen molar-refractivity contribution in [2.24, 2.45) is 0 Å². The van der Waals surface area contributed by atoms with Crippen molar-refractivity contribution in [3.63, 3.8) is 0 Å². The van der Waals surface area contributed by atoms with Crippen LogP contribution in [0.4, 0.5) is 8.78 Å². The Morgan fingerprint density at radius 3 is 2.56 bits per heavy atom. The lowest BCUT2D eigenvalue weighted by atomic mass is 10.3. The Morgan fingerprint density at radius 2 is 1.94 bits per heavy atom. The summed E-state index contributed by atoms with van der Waals surface area (Å²) < 4.78 is 25.5. The van der Waals surface area contributed by atoms with Gasteiger partial charge in [-0.3, -0.25) is 4.79 Å². The maximum absolute atomic E-state index is 12.1. The van der Waals surface area contributed by atoms with Crippen LogP contribution in [-0.4, -0.2) is 27.2 Å². The molecule has 0 atom stereocenters. The van der Waals surface area contributed by atoms with Crippen LogP contribution >= 0.6 is 0 Å². The average molecular weight is 223 g/mol. The molecule has 0 saturated carbocycles. The Kier molecular flexibility index (Phi) is 2.72. The van der Waals surface area contributed by atoms with Crippen molar-refractivity contribution >= 4 is 5.78 Å². The molecule has 0 aliphatic heterocycles. The highest BCUT2D eigenvalue weighted by molar-refractivity contribution is 5.96. The van der Waals surface area contributed by atoms with Crippen LogP contribution in [0.1, 0.15) is 10.5 Å². The molecule has 0 aliphatic rings. The zero-order chi connectivity index (χ0) is 11.5. The average Bonchev–Trinajstić information content (AvgIpc) is 2.78. The number of carbonyl (C=O) groups excluding carboxylic acids is 1. The van der Waals surface area contributed by atoms with E-state index in [1.807, 2.05) is 6.07 Å². The van der Waals surface area contributed by atoms with Gasteiger partial charge in [0.1, 0.15) is 0 Å². The van der Waals surface area contributed by atoms with Crippen LogP contribution in [0.3, 0.4) is 0 Å². The normalized spacial score (nSPS) is 10.7. The topological polar surface area (TPSA) is 47.8 Å². The molecule has 0 radical (unpaired) electrons. The predicted octanol–water partition coefficient (Wildman–Crippen LogP) is 1.72. The number of Topliss-reactive ketones (excluding diaryl/α,β-unsaturated/α-hetero) is 1. The minimum atomic E-state index is -3.05. The van der Waals surface area contributed by atoms with Gasteiger partial charge in [-0.05, 0) is 12.1 Å². The van der Waals surface area contributed by atoms with Crippen molar-refractivity contribution in [1.29, 1.82) is 0 Å². The summed E-state index contributed by atoms with van der Waals surface area (Å²) in [6.45, 7) is 0. The molecule has 0 unspecified atom stereocenters. The maximum Gasteiger partial charge on any atom is 0.302 e. The third-order valence-corrected chi connectivity index (χ3v) is 1.96. The van der Waals surface area contributed by atoms with Gasteiger partial charge in [-0.15, -0.1) is 5.10 Å². The summed E-state index contributed by atoms with van der Waals surface area (Å²) in [6, 6.07) is 8.81. The third kappa shape index (κ3) is 1.95. The molecule has 16 heavy (non-hydrogen) atoms. The quantitative estimate of drug-likeness (QED) is 0.744. The molecule has 4 nitrogen and oxygen atoms in total. The Balaban J connectivity index is 2.30. The minimum absolute atomic E-state index is 0.334. The number of aromatic nitrogens is 3. The SMILES string of the molecule is O=C(c1cn(-c2ccccc2)nn1)C(F)F. The Hall–Kier alpha value is -2.11. The minimum Gasteiger partial charge on any atom is -0.286 e. The Bertz CT molecular complexity index is 496. The molecule has 2 rings (SSSR count). The number of alkyl halides is 2. The van der Waals surface area contributed by atoms with E-state index in [9.17, 15) is 13.6 Å². The van der Waals surface area contributed by atoms with Gasteiger partial charge in [-0.2, -0.15) is 0 Å². The first-order valence-corrected chi connectivity index (χ1v) is 4.48. The molecule has 2 aromatic rings. The van der Waals surface area contributed by atoms with Gasteiger partial charge in [0.25, 0.3) is 5.78 Å². The summed E-state index contributed by atoms with van der Waals surface area (Å²) in [6.07, 6.45) is -1.87. The second-order valence-electron chi connectivity index (χ2n) is 3.05. The summed E-state index contributed by atoms with van der Waals surface area (Å²) >= 11 is 0. The second kappa shape index (κ2) is 4.18. The summed E-state index contributed by atoms with van der Waals surface area (Å²) in [7, 11) is 0. The van der Waals surface area contributed by atoms with Crippen LogP contribution in [0.5, 0.6) is 0 Å². The highest BCUT2D eigenvalue weighted by atomic mass is 19.3. The number of benzene rings is 1. The second-order valence-corrected chi connectivity index (χ2v) is 3.05. The number of hydrogen-bond donors (Lipinski definition) is 0. The zero-order valence-corrected chi connectivity index (χ0v) is 8.05. The number of halogens is 2. The molecule has 0 N–H and O–H groups in total. The number of rotatable bonds is 3. The van der Waals surface area contributed by atoms with E-state index in [-0.39, 0.29) is 5.69 Å². The van der Waals surface area contributed by atoms with Gasteiger partial charge >= 0.3 is 6.43 Å². The van der Waals surface area contributed by atoms with Gasteiger partial charge in [0.2, 0.25) is 0 Å². The van der Waals surface area contributed by atoms with E-state index in [2.05, 4.69) is 10.3 Å². The lowest BCUT2D eigenvalue weighted by Crippen LogP contribution is -2.10. The molecular weight excluding hydrogens is 216 g/mol. The highest BCUT2D eigenvalue weighted by Gasteiger charge is 2.21. The monoisotopic (exact) mass is 223 g/mol. The fourth-order valence-corrected chi connectivity index (χ4v) is 1.20. The van der Waals surface area contributed by atoms with E-state index >= 15 is 0 Å². The molecule has 0 saturated heterocycles. The van der Waals surface area contributed by atoms with Crippen molar-refractivity contribution in [1.82, 2.24) is 15.0 Å². The first kappa shape index (κ1) is 10.4. The van der Waals surface area contributed by atoms with Crippen LogP contribution in [-0.2, 0) is 0 Å². The van der Waals surface area contributed by atoms with E-state index in [1.165, 1.54) is 10.9 Å². The first-order valence-electron chi connectivity index (χ1n) is 4.48. The van der Waals surface area contributed by atoms with Crippen LogP contribution in [0, 0.1) is 0 Å². The lowest BCUT2D eigenvalue weighted by Gasteiger charge is -1.97. The molecule has 0 fully saturated rings. The van der Waals surface area contributed by atoms with Gasteiger partial charge in [0, 0.05) is 0 Å². The Morgan fingerprint density at radius 1 is 1.25 bits per heavy atom. The van der Waals surface area contributed by atoms with Crippen molar-refractivity contribution < 1.29 is 13.6 Å². The number of carbonyl (C=O) groups is 1. The summed E-state index contributed by atoms with van der Waals surface area (Å²) in [5, 5.41) is 7.00. The molecule has 82 valence electrons. The van der Waals surface area contributed by atoms with Crippen molar-refractivity contribution in [3.05, 3.63) is 42.2 Å². The zero-order valence-electron chi connectivity index (χ0n) is 8.05. The van der Waals surface area contributed by atoms with Gasteiger partial charge in [0.15, 0.2) is 5.69 Å². The summed E-state index contributed by atoms with van der Waals surface area (Å²) in [5.74, 6) is -1.32. The molecule has 6 heteroatoms. The maximum atomic E-state index is 12.1. The number of nitrogens with zero attached hydrogens (tertiary/aromatic N) is 3. The number of ketones is 1. The fourth-order valence-electron chi connectivity index (χ4n) is 1.20. The molecular formula is C10H7F2N3O. The molecule has 1 aromatic carbocycles. The largest absolute Gasteiger partial charge is 0.302 e. The van der Waals surface area contributed by atoms with Crippen LogP contribution in [0.2, 0.25) is 0 Å². The van der Waals surface area contributed by atoms with Gasteiger partial charge < -0.3 is 0 Å². The molecule has 1 heterocycles. The molecule has 0 aliphatic carbocycles. The van der Waals surface area contributed by atoms with Gasteiger partial charge in [-0.25, -0.2) is 13.5 Å². The van der Waals surface area contributed by atoms with Crippen molar-refractivity contribution in [2.75, 3.05) is 0 Å². The molecule has 0 amide bonds. The third-order valence-electron chi connectivity index (χ3n) is 1.96. The van der Waals surface area contributed by atoms with Crippen molar-refractivity contribution in [2.45, 2.75) is 6.43 Å². The number of para-hydroxylation sites is 1. The van der Waals surface area contributed by atoms with Crippen LogP contribution in [0.15, 0.2) is 36.5 Å². The highest BCUT2D eigenvalue weighted by Crippen LogP contribution is 2.08. The van der Waals surface area contributed by atoms with E-state index < -0.39 is 12.2 Å².